The molecule has 1 aromatic rings. The van der Waals surface area contributed by atoms with Crippen LogP contribution in [-0.4, -0.2) is 29.5 Å². The molecule has 0 saturated carbocycles. The van der Waals surface area contributed by atoms with E-state index < -0.39 is 0 Å². The van der Waals surface area contributed by atoms with E-state index in [1.54, 1.807) is 20.1 Å². The molecule has 0 saturated heterocycles. The first-order valence-electron chi connectivity index (χ1n) is 4.95. The highest BCUT2D eigenvalue weighted by atomic mass is 16.5. The molecule has 0 aliphatic heterocycles. The van der Waals surface area contributed by atoms with Crippen molar-refractivity contribution in [1.82, 2.24) is 9.78 Å². The summed E-state index contributed by atoms with van der Waals surface area (Å²) in [4.78, 5) is 11.5. The van der Waals surface area contributed by atoms with Gasteiger partial charge in [-0.15, -0.1) is 0 Å². The van der Waals surface area contributed by atoms with E-state index in [0.717, 1.165) is 12.1 Å². The summed E-state index contributed by atoms with van der Waals surface area (Å²) in [6.45, 7) is 4.37. The van der Waals surface area contributed by atoms with Gasteiger partial charge >= 0.3 is 5.97 Å². The molecule has 0 atom stereocenters. The highest BCUT2D eigenvalue weighted by molar-refractivity contribution is 5.87. The van der Waals surface area contributed by atoms with Gasteiger partial charge in [0.25, 0.3) is 0 Å². The number of nitrogens with zero attached hydrogens (tertiary/aromatic N) is 2. The lowest BCUT2D eigenvalue weighted by molar-refractivity contribution is 0.0486. The van der Waals surface area contributed by atoms with Crippen LogP contribution in [0.3, 0.4) is 0 Å². The molecule has 0 N–H and O–H groups in total. The summed E-state index contributed by atoms with van der Waals surface area (Å²) in [5.41, 5.74) is 1.30. The van der Waals surface area contributed by atoms with Crippen molar-refractivity contribution in [3.8, 4) is 0 Å². The van der Waals surface area contributed by atoms with Gasteiger partial charge in [-0.2, -0.15) is 5.10 Å². The van der Waals surface area contributed by atoms with Crippen LogP contribution in [0.1, 0.15) is 30.0 Å². The highest BCUT2D eigenvalue weighted by Crippen LogP contribution is 2.07. The summed E-state index contributed by atoms with van der Waals surface area (Å²) in [5, 5.41) is 4.21. The van der Waals surface area contributed by atoms with E-state index in [2.05, 4.69) is 5.10 Å². The molecule has 15 heavy (non-hydrogen) atoms. The normalized spacial score (nSPS) is 10.3. The quantitative estimate of drug-likeness (QED) is 0.689. The monoisotopic (exact) mass is 212 g/mol. The van der Waals surface area contributed by atoms with E-state index in [4.69, 9.17) is 9.47 Å². The lowest BCUT2D eigenvalue weighted by Gasteiger charge is -2.04. The van der Waals surface area contributed by atoms with E-state index in [1.165, 1.54) is 4.68 Å². The number of aryl methyl sites for hydroxylation is 1. The number of esters is 1. The molecule has 0 aliphatic carbocycles. The summed E-state index contributed by atoms with van der Waals surface area (Å²) >= 11 is 0. The fraction of sp³-hybridized carbons (Fsp3) is 0.600. The highest BCUT2D eigenvalue weighted by Gasteiger charge is 2.15. The van der Waals surface area contributed by atoms with Gasteiger partial charge in [0, 0.05) is 7.11 Å². The summed E-state index contributed by atoms with van der Waals surface area (Å²) < 4.78 is 11.4. The van der Waals surface area contributed by atoms with Crippen molar-refractivity contribution in [2.45, 2.75) is 27.0 Å². The molecule has 1 rings (SSSR count). The number of rotatable bonds is 5. The number of carbonyl (C=O) groups excluding carboxylic acids is 1. The molecule has 1 heterocycles. The fourth-order valence-corrected chi connectivity index (χ4v) is 1.23. The SMILES string of the molecule is CCOC(=O)c1cc(CC)nn1COC. The van der Waals surface area contributed by atoms with Crippen LogP contribution in [0, 0.1) is 0 Å². The molecule has 0 radical (unpaired) electrons. The van der Waals surface area contributed by atoms with Crippen LogP contribution in [0.25, 0.3) is 0 Å². The zero-order valence-corrected chi connectivity index (χ0v) is 9.32. The van der Waals surface area contributed by atoms with E-state index in [1.807, 2.05) is 6.92 Å². The number of hydrogen-bond donors (Lipinski definition) is 0. The van der Waals surface area contributed by atoms with Gasteiger partial charge in [0.15, 0.2) is 0 Å². The molecule has 1 aromatic heterocycles. The third-order valence-corrected chi connectivity index (χ3v) is 1.93. The van der Waals surface area contributed by atoms with Gasteiger partial charge in [0.05, 0.1) is 12.3 Å². The maximum atomic E-state index is 11.5. The summed E-state index contributed by atoms with van der Waals surface area (Å²) in [7, 11) is 1.56. The minimum atomic E-state index is -0.359. The first-order valence-corrected chi connectivity index (χ1v) is 4.95. The Morgan fingerprint density at radius 3 is 2.80 bits per heavy atom. The Bertz CT molecular complexity index is 333. The molecule has 5 nitrogen and oxygen atoms in total. The van der Waals surface area contributed by atoms with E-state index in [9.17, 15) is 4.79 Å². The van der Waals surface area contributed by atoms with Crippen LogP contribution in [0.15, 0.2) is 6.07 Å². The van der Waals surface area contributed by atoms with Crippen LogP contribution < -0.4 is 0 Å². The number of aromatic nitrogens is 2. The second-order valence-electron chi connectivity index (χ2n) is 3.01. The predicted octanol–water partition coefficient (Wildman–Crippen LogP) is 1.23. The predicted molar refractivity (Wildman–Crippen MR) is 54.6 cm³/mol. The van der Waals surface area contributed by atoms with Crippen molar-refractivity contribution in [3.63, 3.8) is 0 Å². The molecule has 0 spiro atoms. The molecular formula is C10H16N2O3. The molecule has 0 amide bonds. The average molecular weight is 212 g/mol. The molecular weight excluding hydrogens is 196 g/mol. The number of hydrogen-bond acceptors (Lipinski definition) is 4. The molecule has 0 bridgehead atoms. The zero-order chi connectivity index (χ0) is 11.3. The molecule has 0 aromatic carbocycles. The van der Waals surface area contributed by atoms with Gasteiger partial charge in [0.2, 0.25) is 0 Å². The Balaban J connectivity index is 2.92. The molecule has 0 unspecified atom stereocenters. The van der Waals surface area contributed by atoms with Crippen LogP contribution in [0.5, 0.6) is 0 Å². The third kappa shape index (κ3) is 2.79. The first kappa shape index (κ1) is 11.7. The van der Waals surface area contributed by atoms with Crippen molar-refractivity contribution in [2.24, 2.45) is 0 Å². The number of ether oxygens (including phenoxy) is 2. The smallest absolute Gasteiger partial charge is 0.356 e. The largest absolute Gasteiger partial charge is 0.461 e. The minimum Gasteiger partial charge on any atom is -0.461 e. The number of carbonyl (C=O) groups is 1. The average Bonchev–Trinajstić information content (AvgIpc) is 2.62. The lowest BCUT2D eigenvalue weighted by atomic mass is 10.3. The molecule has 5 heteroatoms. The first-order chi connectivity index (χ1) is 7.22. The van der Waals surface area contributed by atoms with E-state index in [0.29, 0.717) is 12.3 Å². The molecule has 0 aliphatic rings. The molecule has 84 valence electrons. The summed E-state index contributed by atoms with van der Waals surface area (Å²) in [6.07, 6.45) is 0.781. The summed E-state index contributed by atoms with van der Waals surface area (Å²) in [6, 6.07) is 1.73. The van der Waals surface area contributed by atoms with Crippen molar-refractivity contribution >= 4 is 5.97 Å². The Hall–Kier alpha value is -1.36. The van der Waals surface area contributed by atoms with Gasteiger partial charge < -0.3 is 9.47 Å². The maximum Gasteiger partial charge on any atom is 0.356 e. The second-order valence-corrected chi connectivity index (χ2v) is 3.01. The lowest BCUT2D eigenvalue weighted by Crippen LogP contribution is -2.14. The minimum absolute atomic E-state index is 0.258. The third-order valence-electron chi connectivity index (χ3n) is 1.93. The topological polar surface area (TPSA) is 53.3 Å². The van der Waals surface area contributed by atoms with E-state index >= 15 is 0 Å². The Morgan fingerprint density at radius 1 is 1.53 bits per heavy atom. The van der Waals surface area contributed by atoms with Crippen molar-refractivity contribution < 1.29 is 14.3 Å². The van der Waals surface area contributed by atoms with Gasteiger partial charge in [-0.05, 0) is 19.4 Å². The second kappa shape index (κ2) is 5.50. The van der Waals surface area contributed by atoms with Crippen LogP contribution in [0.4, 0.5) is 0 Å². The van der Waals surface area contributed by atoms with Crippen LogP contribution in [0.2, 0.25) is 0 Å². The Labute approximate surface area is 89.0 Å². The van der Waals surface area contributed by atoms with Gasteiger partial charge in [-0.25, -0.2) is 9.48 Å². The van der Waals surface area contributed by atoms with E-state index in [-0.39, 0.29) is 12.7 Å². The summed E-state index contributed by atoms with van der Waals surface area (Å²) in [5.74, 6) is -0.359. The molecule has 0 fully saturated rings. The Kier molecular flexibility index (Phi) is 4.30. The van der Waals surface area contributed by atoms with Crippen LogP contribution >= 0.6 is 0 Å². The van der Waals surface area contributed by atoms with Crippen molar-refractivity contribution in [3.05, 3.63) is 17.5 Å². The zero-order valence-electron chi connectivity index (χ0n) is 9.32. The number of methoxy groups -OCH3 is 1. The van der Waals surface area contributed by atoms with Gasteiger partial charge in [-0.3, -0.25) is 0 Å². The standard InChI is InChI=1S/C10H16N2O3/c1-4-8-6-9(10(13)15-5-2)12(11-8)7-14-3/h6H,4-5,7H2,1-3H3. The fourth-order valence-electron chi connectivity index (χ4n) is 1.23. The Morgan fingerprint density at radius 2 is 2.27 bits per heavy atom. The maximum absolute atomic E-state index is 11.5. The van der Waals surface area contributed by atoms with Crippen LogP contribution in [-0.2, 0) is 22.6 Å². The van der Waals surface area contributed by atoms with Crippen molar-refractivity contribution in [2.75, 3.05) is 13.7 Å². The van der Waals surface area contributed by atoms with Gasteiger partial charge in [0.1, 0.15) is 12.4 Å². The van der Waals surface area contributed by atoms with Gasteiger partial charge in [-0.1, -0.05) is 6.92 Å². The van der Waals surface area contributed by atoms with Crippen molar-refractivity contribution in [1.29, 1.82) is 0 Å².